The van der Waals surface area contributed by atoms with Crippen molar-refractivity contribution in [1.82, 2.24) is 15.3 Å². The summed E-state index contributed by atoms with van der Waals surface area (Å²) in [5.41, 5.74) is 2.53. The number of carbonyl (C=O) groups is 1. The first-order valence-electron chi connectivity index (χ1n) is 8.29. The largest absolute Gasteiger partial charge is 0.378 e. The van der Waals surface area contributed by atoms with E-state index < -0.39 is 0 Å². The van der Waals surface area contributed by atoms with E-state index in [1.807, 2.05) is 43.3 Å². The Hall–Kier alpha value is -2.63. The van der Waals surface area contributed by atoms with E-state index in [0.717, 1.165) is 24.2 Å². The number of carbonyl (C=O) groups excluding carboxylic acids is 1. The first kappa shape index (κ1) is 16.2. The second-order valence-electron chi connectivity index (χ2n) is 6.32. The average Bonchev–Trinajstić information content (AvgIpc) is 3.09. The van der Waals surface area contributed by atoms with Crippen LogP contribution in [0.1, 0.15) is 36.0 Å². The predicted molar refractivity (Wildman–Crippen MR) is 95.8 cm³/mol. The van der Waals surface area contributed by atoms with E-state index in [4.69, 9.17) is 0 Å². The SMILES string of the molecule is CN(C)c1ccc(Nc2ncc(C(=O)NC3CCCC3)cn2)cc1. The van der Waals surface area contributed by atoms with Crippen LogP contribution in [0.3, 0.4) is 0 Å². The summed E-state index contributed by atoms with van der Waals surface area (Å²) >= 11 is 0. The van der Waals surface area contributed by atoms with Crippen molar-refractivity contribution in [3.05, 3.63) is 42.2 Å². The molecule has 0 atom stereocenters. The van der Waals surface area contributed by atoms with Gasteiger partial charge in [0.25, 0.3) is 5.91 Å². The second-order valence-corrected chi connectivity index (χ2v) is 6.32. The molecule has 1 saturated carbocycles. The van der Waals surface area contributed by atoms with E-state index in [9.17, 15) is 4.79 Å². The van der Waals surface area contributed by atoms with Gasteiger partial charge in [0.2, 0.25) is 5.95 Å². The Morgan fingerprint density at radius 2 is 1.71 bits per heavy atom. The number of rotatable bonds is 5. The molecule has 3 rings (SSSR count). The first-order chi connectivity index (χ1) is 11.6. The number of nitrogens with one attached hydrogen (secondary N) is 2. The lowest BCUT2D eigenvalue weighted by molar-refractivity contribution is 0.0937. The molecule has 1 heterocycles. The van der Waals surface area contributed by atoms with Gasteiger partial charge in [0.15, 0.2) is 0 Å². The van der Waals surface area contributed by atoms with E-state index in [2.05, 4.69) is 20.6 Å². The molecule has 24 heavy (non-hydrogen) atoms. The Morgan fingerprint density at radius 3 is 2.29 bits per heavy atom. The number of nitrogens with zero attached hydrogens (tertiary/aromatic N) is 3. The maximum Gasteiger partial charge on any atom is 0.254 e. The van der Waals surface area contributed by atoms with Gasteiger partial charge in [0.1, 0.15) is 0 Å². The van der Waals surface area contributed by atoms with Gasteiger partial charge in [0.05, 0.1) is 5.56 Å². The van der Waals surface area contributed by atoms with Crippen molar-refractivity contribution in [1.29, 1.82) is 0 Å². The van der Waals surface area contributed by atoms with E-state index in [-0.39, 0.29) is 5.91 Å². The highest BCUT2D eigenvalue weighted by atomic mass is 16.1. The minimum Gasteiger partial charge on any atom is -0.378 e. The summed E-state index contributed by atoms with van der Waals surface area (Å²) in [6, 6.07) is 8.28. The molecule has 126 valence electrons. The van der Waals surface area contributed by atoms with Crippen LogP contribution in [0.4, 0.5) is 17.3 Å². The fraction of sp³-hybridized carbons (Fsp3) is 0.389. The van der Waals surface area contributed by atoms with E-state index in [0.29, 0.717) is 17.6 Å². The highest BCUT2D eigenvalue weighted by Gasteiger charge is 2.18. The molecule has 0 saturated heterocycles. The van der Waals surface area contributed by atoms with Crippen molar-refractivity contribution in [2.24, 2.45) is 0 Å². The van der Waals surface area contributed by atoms with Gasteiger partial charge in [-0.2, -0.15) is 0 Å². The molecule has 1 amide bonds. The molecule has 1 fully saturated rings. The molecular formula is C18H23N5O. The zero-order valence-electron chi connectivity index (χ0n) is 14.1. The van der Waals surface area contributed by atoms with Crippen molar-refractivity contribution in [2.45, 2.75) is 31.7 Å². The van der Waals surface area contributed by atoms with E-state index in [1.54, 1.807) is 12.4 Å². The van der Waals surface area contributed by atoms with Crippen molar-refractivity contribution in [2.75, 3.05) is 24.3 Å². The summed E-state index contributed by atoms with van der Waals surface area (Å²) < 4.78 is 0. The standard InChI is InChI=1S/C18H23N5O/c1-23(2)16-9-7-15(8-10-16)22-18-19-11-13(12-20-18)17(24)21-14-5-3-4-6-14/h7-12,14H,3-6H2,1-2H3,(H,21,24)(H,19,20,22). The normalized spacial score (nSPS) is 14.4. The van der Waals surface area contributed by atoms with Crippen LogP contribution in [0.15, 0.2) is 36.7 Å². The summed E-state index contributed by atoms with van der Waals surface area (Å²) in [7, 11) is 4.00. The fourth-order valence-electron chi connectivity index (χ4n) is 2.82. The lowest BCUT2D eigenvalue weighted by Gasteiger charge is -2.13. The van der Waals surface area contributed by atoms with Gasteiger partial charge in [-0.05, 0) is 37.1 Å². The molecule has 1 aromatic heterocycles. The quantitative estimate of drug-likeness (QED) is 0.884. The van der Waals surface area contributed by atoms with Gasteiger partial charge in [0, 0.05) is 43.9 Å². The van der Waals surface area contributed by atoms with Crippen molar-refractivity contribution >= 4 is 23.2 Å². The Morgan fingerprint density at radius 1 is 1.08 bits per heavy atom. The average molecular weight is 325 g/mol. The highest BCUT2D eigenvalue weighted by Crippen LogP contribution is 2.19. The molecule has 2 N–H and O–H groups in total. The van der Waals surface area contributed by atoms with Crippen LogP contribution in [-0.4, -0.2) is 36.0 Å². The molecule has 0 radical (unpaired) electrons. The zero-order valence-corrected chi connectivity index (χ0v) is 14.1. The minimum absolute atomic E-state index is 0.0937. The summed E-state index contributed by atoms with van der Waals surface area (Å²) in [6.07, 6.45) is 7.64. The Balaban J connectivity index is 1.60. The number of anilines is 3. The second kappa shape index (κ2) is 7.29. The van der Waals surface area contributed by atoms with Gasteiger partial charge in [-0.3, -0.25) is 4.79 Å². The Labute approximate surface area is 142 Å². The number of hydrogen-bond acceptors (Lipinski definition) is 5. The molecular weight excluding hydrogens is 302 g/mol. The molecule has 2 aromatic rings. The molecule has 1 aromatic carbocycles. The molecule has 6 heteroatoms. The molecule has 0 spiro atoms. The van der Waals surface area contributed by atoms with Crippen LogP contribution in [0.2, 0.25) is 0 Å². The van der Waals surface area contributed by atoms with Gasteiger partial charge < -0.3 is 15.5 Å². The number of aromatic nitrogens is 2. The number of amides is 1. The van der Waals surface area contributed by atoms with Crippen molar-refractivity contribution in [3.8, 4) is 0 Å². The monoisotopic (exact) mass is 325 g/mol. The number of hydrogen-bond donors (Lipinski definition) is 2. The maximum absolute atomic E-state index is 12.2. The third-order valence-corrected chi connectivity index (χ3v) is 4.24. The van der Waals surface area contributed by atoms with Crippen LogP contribution < -0.4 is 15.5 Å². The summed E-state index contributed by atoms with van der Waals surface area (Å²) in [4.78, 5) is 22.7. The zero-order chi connectivity index (χ0) is 16.9. The van der Waals surface area contributed by atoms with Crippen molar-refractivity contribution < 1.29 is 4.79 Å². The number of benzene rings is 1. The summed E-state index contributed by atoms with van der Waals surface area (Å²) in [6.45, 7) is 0. The Bertz CT molecular complexity index is 676. The third-order valence-electron chi connectivity index (χ3n) is 4.24. The molecule has 6 nitrogen and oxygen atoms in total. The lowest BCUT2D eigenvalue weighted by atomic mass is 10.2. The van der Waals surface area contributed by atoms with Crippen LogP contribution >= 0.6 is 0 Å². The summed E-state index contributed by atoms with van der Waals surface area (Å²) in [5.74, 6) is 0.383. The smallest absolute Gasteiger partial charge is 0.254 e. The molecule has 0 aliphatic heterocycles. The topological polar surface area (TPSA) is 70.2 Å². The van der Waals surface area contributed by atoms with Gasteiger partial charge in [-0.1, -0.05) is 12.8 Å². The lowest BCUT2D eigenvalue weighted by Crippen LogP contribution is -2.32. The fourth-order valence-corrected chi connectivity index (χ4v) is 2.82. The first-order valence-corrected chi connectivity index (χ1v) is 8.29. The van der Waals surface area contributed by atoms with Gasteiger partial charge in [-0.15, -0.1) is 0 Å². The van der Waals surface area contributed by atoms with Crippen LogP contribution in [0.25, 0.3) is 0 Å². The third kappa shape index (κ3) is 4.01. The van der Waals surface area contributed by atoms with Gasteiger partial charge >= 0.3 is 0 Å². The predicted octanol–water partition coefficient (Wildman–Crippen LogP) is 2.96. The highest BCUT2D eigenvalue weighted by molar-refractivity contribution is 5.93. The van der Waals surface area contributed by atoms with Gasteiger partial charge in [-0.25, -0.2) is 9.97 Å². The minimum atomic E-state index is -0.0937. The summed E-state index contributed by atoms with van der Waals surface area (Å²) in [5, 5.41) is 6.17. The van der Waals surface area contributed by atoms with Crippen molar-refractivity contribution in [3.63, 3.8) is 0 Å². The molecule has 1 aliphatic carbocycles. The van der Waals surface area contributed by atoms with Crippen LogP contribution in [-0.2, 0) is 0 Å². The van der Waals surface area contributed by atoms with Crippen LogP contribution in [0, 0.1) is 0 Å². The van der Waals surface area contributed by atoms with Crippen LogP contribution in [0.5, 0.6) is 0 Å². The molecule has 0 unspecified atom stereocenters. The molecule has 0 bridgehead atoms. The van der Waals surface area contributed by atoms with E-state index in [1.165, 1.54) is 12.8 Å². The van der Waals surface area contributed by atoms with E-state index >= 15 is 0 Å². The Kier molecular flexibility index (Phi) is 4.93. The maximum atomic E-state index is 12.2. The molecule has 1 aliphatic rings.